The smallest absolute Gasteiger partial charge is 0.0648 e. The minimum Gasteiger partial charge on any atom is -0.310 e. The highest BCUT2D eigenvalue weighted by Crippen LogP contribution is 2.41. The van der Waals surface area contributed by atoms with Gasteiger partial charge in [-0.25, -0.2) is 4.68 Å². The van der Waals surface area contributed by atoms with Crippen molar-refractivity contribution in [1.29, 1.82) is 0 Å². The van der Waals surface area contributed by atoms with Crippen molar-refractivity contribution in [1.82, 2.24) is 15.1 Å². The molecule has 106 valence electrons. The topological polar surface area (TPSA) is 29.9 Å². The van der Waals surface area contributed by atoms with Crippen LogP contribution in [0.25, 0.3) is 5.69 Å². The first-order valence-corrected chi connectivity index (χ1v) is 7.46. The molecule has 0 bridgehead atoms. The first-order chi connectivity index (χ1) is 9.61. The van der Waals surface area contributed by atoms with E-state index in [2.05, 4.69) is 60.1 Å². The van der Waals surface area contributed by atoms with E-state index < -0.39 is 0 Å². The van der Waals surface area contributed by atoms with Crippen LogP contribution in [0.5, 0.6) is 0 Å². The maximum absolute atomic E-state index is 4.64. The second-order valence-corrected chi connectivity index (χ2v) is 6.45. The van der Waals surface area contributed by atoms with Crippen LogP contribution >= 0.6 is 0 Å². The van der Waals surface area contributed by atoms with Crippen molar-refractivity contribution in [2.24, 2.45) is 5.41 Å². The molecule has 1 aromatic carbocycles. The van der Waals surface area contributed by atoms with Gasteiger partial charge in [0.1, 0.15) is 0 Å². The van der Waals surface area contributed by atoms with E-state index >= 15 is 0 Å². The summed E-state index contributed by atoms with van der Waals surface area (Å²) in [7, 11) is 0. The molecule has 0 amide bonds. The van der Waals surface area contributed by atoms with Gasteiger partial charge in [0.15, 0.2) is 0 Å². The Bertz CT molecular complexity index is 584. The molecule has 1 aromatic heterocycles. The fourth-order valence-electron chi connectivity index (χ4n) is 3.26. The molecule has 3 nitrogen and oxygen atoms in total. The normalized spacial score (nSPS) is 20.6. The van der Waals surface area contributed by atoms with Gasteiger partial charge in [-0.2, -0.15) is 5.10 Å². The molecule has 2 aromatic rings. The Kier molecular flexibility index (Phi) is 3.38. The first-order valence-electron chi connectivity index (χ1n) is 7.46. The number of hydrogen-bond donors (Lipinski definition) is 1. The molecular weight excluding hydrogens is 246 g/mol. The Labute approximate surface area is 121 Å². The lowest BCUT2D eigenvalue weighted by molar-refractivity contribution is 0.255. The lowest BCUT2D eigenvalue weighted by Crippen LogP contribution is -2.33. The Hall–Kier alpha value is -1.61. The molecule has 1 heterocycles. The van der Waals surface area contributed by atoms with Crippen LogP contribution in [0.15, 0.2) is 36.5 Å². The number of nitrogens with zero attached hydrogens (tertiary/aromatic N) is 2. The molecule has 0 aliphatic heterocycles. The fraction of sp³-hybridized carbons (Fsp3) is 0.471. The second kappa shape index (κ2) is 5.06. The van der Waals surface area contributed by atoms with Crippen molar-refractivity contribution in [3.63, 3.8) is 0 Å². The summed E-state index contributed by atoms with van der Waals surface area (Å²) in [6.07, 6.45) is 4.30. The van der Waals surface area contributed by atoms with Gasteiger partial charge in [0, 0.05) is 17.3 Å². The summed E-state index contributed by atoms with van der Waals surface area (Å²) in [6, 6.07) is 10.9. The Balaban J connectivity index is 2.05. The molecule has 1 N–H and O–H groups in total. The third-order valence-corrected chi connectivity index (χ3v) is 4.13. The van der Waals surface area contributed by atoms with Crippen LogP contribution in [0, 0.1) is 5.41 Å². The largest absolute Gasteiger partial charge is 0.310 e. The maximum atomic E-state index is 4.64. The van der Waals surface area contributed by atoms with E-state index in [4.69, 9.17) is 0 Å². The van der Waals surface area contributed by atoms with E-state index in [0.717, 1.165) is 18.7 Å². The molecule has 3 heteroatoms. The highest BCUT2D eigenvalue weighted by molar-refractivity contribution is 5.37. The molecule has 1 unspecified atom stereocenters. The summed E-state index contributed by atoms with van der Waals surface area (Å²) in [5.74, 6) is 0. The van der Waals surface area contributed by atoms with E-state index in [-0.39, 0.29) is 0 Å². The van der Waals surface area contributed by atoms with Crippen molar-refractivity contribution in [2.75, 3.05) is 6.54 Å². The summed E-state index contributed by atoms with van der Waals surface area (Å²) < 4.78 is 2.11. The lowest BCUT2D eigenvalue weighted by Gasteiger charge is -2.36. The predicted octanol–water partition coefficient (Wildman–Crippen LogP) is 3.50. The highest BCUT2D eigenvalue weighted by atomic mass is 15.3. The van der Waals surface area contributed by atoms with Gasteiger partial charge in [0.05, 0.1) is 11.9 Å². The van der Waals surface area contributed by atoms with Gasteiger partial charge >= 0.3 is 0 Å². The van der Waals surface area contributed by atoms with Crippen LogP contribution in [0.2, 0.25) is 0 Å². The van der Waals surface area contributed by atoms with E-state index in [9.17, 15) is 0 Å². The van der Waals surface area contributed by atoms with Gasteiger partial charge < -0.3 is 5.32 Å². The zero-order valence-corrected chi connectivity index (χ0v) is 12.6. The van der Waals surface area contributed by atoms with Gasteiger partial charge in [-0.1, -0.05) is 39.0 Å². The van der Waals surface area contributed by atoms with Crippen LogP contribution in [-0.2, 0) is 6.42 Å². The Morgan fingerprint density at radius 2 is 2.05 bits per heavy atom. The summed E-state index contributed by atoms with van der Waals surface area (Å²) in [6.45, 7) is 7.87. The minimum absolute atomic E-state index is 0.312. The molecule has 1 aliphatic carbocycles. The standard InChI is InChI=1S/C17H23N3/c1-4-18-15-10-17(2,3)11-16-14(15)12-19-20(16)13-8-6-5-7-9-13/h5-9,12,15,18H,4,10-11H2,1-3H3. The van der Waals surface area contributed by atoms with Crippen molar-refractivity contribution >= 4 is 0 Å². The third-order valence-electron chi connectivity index (χ3n) is 4.13. The quantitative estimate of drug-likeness (QED) is 0.924. The van der Waals surface area contributed by atoms with E-state index in [0.29, 0.717) is 11.5 Å². The number of nitrogens with one attached hydrogen (secondary N) is 1. The van der Waals surface area contributed by atoms with Crippen LogP contribution in [0.3, 0.4) is 0 Å². The van der Waals surface area contributed by atoms with Gasteiger partial charge in [-0.05, 0) is 36.9 Å². The highest BCUT2D eigenvalue weighted by Gasteiger charge is 2.34. The molecule has 1 atom stereocenters. The maximum Gasteiger partial charge on any atom is 0.0648 e. The first kappa shape index (κ1) is 13.4. The van der Waals surface area contributed by atoms with Crippen molar-refractivity contribution < 1.29 is 0 Å². The molecule has 0 radical (unpaired) electrons. The van der Waals surface area contributed by atoms with Crippen molar-refractivity contribution in [2.45, 2.75) is 39.7 Å². The SMILES string of the molecule is CCNC1CC(C)(C)Cc2c1cnn2-c1ccccc1. The Morgan fingerprint density at radius 1 is 1.30 bits per heavy atom. The van der Waals surface area contributed by atoms with Crippen molar-refractivity contribution in [3.8, 4) is 5.69 Å². The van der Waals surface area contributed by atoms with Crippen molar-refractivity contribution in [3.05, 3.63) is 47.8 Å². The van der Waals surface area contributed by atoms with Gasteiger partial charge in [-0.15, -0.1) is 0 Å². The van der Waals surface area contributed by atoms with Gasteiger partial charge in [0.25, 0.3) is 0 Å². The van der Waals surface area contributed by atoms with E-state index in [1.54, 1.807) is 0 Å². The van der Waals surface area contributed by atoms with Gasteiger partial charge in [-0.3, -0.25) is 0 Å². The zero-order chi connectivity index (χ0) is 14.2. The predicted molar refractivity (Wildman–Crippen MR) is 82.1 cm³/mol. The molecule has 0 fully saturated rings. The number of benzene rings is 1. The minimum atomic E-state index is 0.312. The summed E-state index contributed by atoms with van der Waals surface area (Å²) in [5, 5.41) is 8.25. The summed E-state index contributed by atoms with van der Waals surface area (Å²) >= 11 is 0. The van der Waals surface area contributed by atoms with Crippen LogP contribution < -0.4 is 5.32 Å². The number of para-hydroxylation sites is 1. The van der Waals surface area contributed by atoms with E-state index in [1.807, 2.05) is 12.3 Å². The molecule has 0 saturated carbocycles. The van der Waals surface area contributed by atoms with Gasteiger partial charge in [0.2, 0.25) is 0 Å². The zero-order valence-electron chi connectivity index (χ0n) is 12.6. The molecule has 0 saturated heterocycles. The fourth-order valence-corrected chi connectivity index (χ4v) is 3.26. The molecular formula is C17H23N3. The number of hydrogen-bond acceptors (Lipinski definition) is 2. The molecule has 0 spiro atoms. The average molecular weight is 269 g/mol. The van der Waals surface area contributed by atoms with Crippen LogP contribution in [0.4, 0.5) is 0 Å². The summed E-state index contributed by atoms with van der Waals surface area (Å²) in [5.41, 5.74) is 4.20. The molecule has 20 heavy (non-hydrogen) atoms. The molecule has 3 rings (SSSR count). The lowest BCUT2D eigenvalue weighted by atomic mass is 9.74. The third kappa shape index (κ3) is 2.38. The summed E-state index contributed by atoms with van der Waals surface area (Å²) in [4.78, 5) is 0. The van der Waals surface area contributed by atoms with E-state index in [1.165, 1.54) is 17.7 Å². The van der Waals surface area contributed by atoms with Crippen LogP contribution in [-0.4, -0.2) is 16.3 Å². The Morgan fingerprint density at radius 3 is 2.75 bits per heavy atom. The average Bonchev–Trinajstić information content (AvgIpc) is 2.82. The molecule has 1 aliphatic rings. The number of fused-ring (bicyclic) bond motifs is 1. The number of aromatic nitrogens is 2. The monoisotopic (exact) mass is 269 g/mol. The second-order valence-electron chi connectivity index (χ2n) is 6.45. The number of rotatable bonds is 3. The van der Waals surface area contributed by atoms with Crippen LogP contribution in [0.1, 0.15) is 44.5 Å².